The van der Waals surface area contributed by atoms with Gasteiger partial charge in [0, 0.05) is 35.8 Å². The third-order valence-corrected chi connectivity index (χ3v) is 2.93. The molecule has 3 nitrogen and oxygen atoms in total. The average Bonchev–Trinajstić information content (AvgIpc) is 2.80. The van der Waals surface area contributed by atoms with Crippen LogP contribution in [0.2, 0.25) is 0 Å². The van der Waals surface area contributed by atoms with Crippen molar-refractivity contribution in [1.82, 2.24) is 4.57 Å². The van der Waals surface area contributed by atoms with Gasteiger partial charge in [0.15, 0.2) is 6.29 Å². The largest absolute Gasteiger partial charge is 0.411 e. The number of hydrogen-bond donors (Lipinski definition) is 0. The second-order valence-electron chi connectivity index (χ2n) is 4.43. The molecule has 0 radical (unpaired) electrons. The summed E-state index contributed by atoms with van der Waals surface area (Å²) in [6, 6.07) is 7.21. The van der Waals surface area contributed by atoms with Crippen molar-refractivity contribution in [2.45, 2.75) is 19.1 Å². The fourth-order valence-electron chi connectivity index (χ4n) is 2.07. The van der Waals surface area contributed by atoms with Gasteiger partial charge in [0.25, 0.3) is 0 Å². The molecule has 0 unspecified atom stereocenters. The van der Waals surface area contributed by atoms with Crippen molar-refractivity contribution in [3.8, 4) is 0 Å². The summed E-state index contributed by atoms with van der Waals surface area (Å²) in [7, 11) is 0. The van der Waals surface area contributed by atoms with E-state index in [4.69, 9.17) is 0 Å². The van der Waals surface area contributed by atoms with Crippen LogP contribution in [0.15, 0.2) is 30.5 Å². The van der Waals surface area contributed by atoms with Crippen LogP contribution < -0.4 is 0 Å². The minimum Gasteiger partial charge on any atom is -0.372 e. The van der Waals surface area contributed by atoms with Gasteiger partial charge in [0.1, 0.15) is 6.61 Å². The van der Waals surface area contributed by atoms with Crippen LogP contribution in [0.4, 0.5) is 13.2 Å². The van der Waals surface area contributed by atoms with Crippen LogP contribution in [-0.2, 0) is 11.3 Å². The Labute approximate surface area is 113 Å². The highest BCUT2D eigenvalue weighted by atomic mass is 19.4. The summed E-state index contributed by atoms with van der Waals surface area (Å²) in [6.45, 7) is -0.620. The smallest absolute Gasteiger partial charge is 0.372 e. The summed E-state index contributed by atoms with van der Waals surface area (Å²) in [5, 5.41) is 0.846. The summed E-state index contributed by atoms with van der Waals surface area (Å²) >= 11 is 0. The first-order chi connectivity index (χ1) is 9.51. The molecule has 0 saturated heterocycles. The van der Waals surface area contributed by atoms with Gasteiger partial charge in [-0.25, -0.2) is 0 Å². The molecule has 108 valence electrons. The van der Waals surface area contributed by atoms with Crippen molar-refractivity contribution < 1.29 is 22.7 Å². The van der Waals surface area contributed by atoms with Gasteiger partial charge in [-0.05, 0) is 18.6 Å². The number of rotatable bonds is 6. The van der Waals surface area contributed by atoms with E-state index in [-0.39, 0.29) is 6.61 Å². The first kappa shape index (κ1) is 14.6. The zero-order valence-corrected chi connectivity index (χ0v) is 10.7. The highest BCUT2D eigenvalue weighted by molar-refractivity contribution is 5.97. The molecule has 0 saturated carbocycles. The van der Waals surface area contributed by atoms with Crippen molar-refractivity contribution in [2.24, 2.45) is 0 Å². The molecule has 0 spiro atoms. The Morgan fingerprint density at radius 3 is 2.75 bits per heavy atom. The maximum Gasteiger partial charge on any atom is 0.411 e. The number of hydrogen-bond acceptors (Lipinski definition) is 2. The molecule has 2 rings (SSSR count). The molecule has 0 N–H and O–H groups in total. The highest BCUT2D eigenvalue weighted by Crippen LogP contribution is 2.19. The minimum absolute atomic E-state index is 0.0482. The number of aryl methyl sites for hydroxylation is 1. The Hall–Kier alpha value is -1.82. The second kappa shape index (κ2) is 6.09. The Bertz CT molecular complexity index is 590. The normalized spacial score (nSPS) is 11.9. The second-order valence-corrected chi connectivity index (χ2v) is 4.43. The SMILES string of the molecule is O=Cc1cccc2c1ccn2CCCOCC(F)(F)F. The number of alkyl halides is 3. The van der Waals surface area contributed by atoms with Crippen LogP contribution in [0.1, 0.15) is 16.8 Å². The van der Waals surface area contributed by atoms with Gasteiger partial charge in [-0.1, -0.05) is 12.1 Å². The molecular weight excluding hydrogens is 271 g/mol. The highest BCUT2D eigenvalue weighted by Gasteiger charge is 2.27. The lowest BCUT2D eigenvalue weighted by Gasteiger charge is -2.08. The number of ether oxygens (including phenoxy) is 1. The van der Waals surface area contributed by atoms with E-state index >= 15 is 0 Å². The molecule has 2 aromatic rings. The van der Waals surface area contributed by atoms with E-state index in [0.29, 0.717) is 18.5 Å². The van der Waals surface area contributed by atoms with Crippen molar-refractivity contribution in [2.75, 3.05) is 13.2 Å². The molecule has 0 bridgehead atoms. The van der Waals surface area contributed by atoms with Gasteiger partial charge >= 0.3 is 6.18 Å². The summed E-state index contributed by atoms with van der Waals surface area (Å²) in [6.07, 6.45) is -1.19. The number of fused-ring (bicyclic) bond motifs is 1. The molecule has 1 aromatic heterocycles. The average molecular weight is 285 g/mol. The van der Waals surface area contributed by atoms with E-state index in [9.17, 15) is 18.0 Å². The molecule has 0 fully saturated rings. The van der Waals surface area contributed by atoms with Crippen LogP contribution in [0.25, 0.3) is 10.9 Å². The van der Waals surface area contributed by atoms with Crippen LogP contribution in [-0.4, -0.2) is 30.2 Å². The fourth-order valence-corrected chi connectivity index (χ4v) is 2.07. The predicted octanol–water partition coefficient (Wildman–Crippen LogP) is 3.42. The number of benzene rings is 1. The van der Waals surface area contributed by atoms with Crippen LogP contribution in [0, 0.1) is 0 Å². The van der Waals surface area contributed by atoms with Crippen molar-refractivity contribution >= 4 is 17.2 Å². The third-order valence-electron chi connectivity index (χ3n) is 2.93. The first-order valence-electron chi connectivity index (χ1n) is 6.19. The number of carbonyl (C=O) groups excluding carboxylic acids is 1. The monoisotopic (exact) mass is 285 g/mol. The number of halogens is 3. The van der Waals surface area contributed by atoms with E-state index in [1.54, 1.807) is 12.1 Å². The third kappa shape index (κ3) is 3.60. The molecule has 6 heteroatoms. The zero-order valence-electron chi connectivity index (χ0n) is 10.7. The lowest BCUT2D eigenvalue weighted by atomic mass is 10.1. The van der Waals surface area contributed by atoms with Gasteiger partial charge in [-0.3, -0.25) is 4.79 Å². The fraction of sp³-hybridized carbons (Fsp3) is 0.357. The van der Waals surface area contributed by atoms with Crippen molar-refractivity contribution in [3.63, 3.8) is 0 Å². The molecule has 0 aliphatic rings. The topological polar surface area (TPSA) is 31.2 Å². The summed E-state index contributed by atoms with van der Waals surface area (Å²) in [5.41, 5.74) is 1.50. The molecular formula is C14H14F3NO2. The number of aldehydes is 1. The summed E-state index contributed by atoms with van der Waals surface area (Å²) < 4.78 is 42.1. The van der Waals surface area contributed by atoms with Crippen molar-refractivity contribution in [1.29, 1.82) is 0 Å². The Morgan fingerprint density at radius 2 is 2.05 bits per heavy atom. The molecule has 1 aromatic carbocycles. The lowest BCUT2D eigenvalue weighted by molar-refractivity contribution is -0.174. The zero-order chi connectivity index (χ0) is 14.6. The molecule has 20 heavy (non-hydrogen) atoms. The number of aromatic nitrogens is 1. The van der Waals surface area contributed by atoms with Crippen LogP contribution in [0.5, 0.6) is 0 Å². The van der Waals surface area contributed by atoms with Gasteiger partial charge in [0.2, 0.25) is 0 Å². The quantitative estimate of drug-likeness (QED) is 0.601. The van der Waals surface area contributed by atoms with E-state index in [1.807, 2.05) is 22.9 Å². The molecule has 0 aliphatic carbocycles. The number of carbonyl (C=O) groups is 1. The summed E-state index contributed by atoms with van der Waals surface area (Å²) in [5.74, 6) is 0. The minimum atomic E-state index is -4.28. The molecule has 0 amide bonds. The van der Waals surface area contributed by atoms with Crippen LogP contribution >= 0.6 is 0 Å². The Balaban J connectivity index is 1.92. The van der Waals surface area contributed by atoms with Crippen LogP contribution in [0.3, 0.4) is 0 Å². The van der Waals surface area contributed by atoms with E-state index in [2.05, 4.69) is 4.74 Å². The van der Waals surface area contributed by atoms with E-state index in [1.165, 1.54) is 0 Å². The summed E-state index contributed by atoms with van der Waals surface area (Å²) in [4.78, 5) is 10.9. The first-order valence-corrected chi connectivity index (χ1v) is 6.19. The predicted molar refractivity (Wildman–Crippen MR) is 68.8 cm³/mol. The maximum absolute atomic E-state index is 11.9. The van der Waals surface area contributed by atoms with E-state index in [0.717, 1.165) is 17.2 Å². The molecule has 1 heterocycles. The molecule has 0 atom stereocenters. The molecule has 0 aliphatic heterocycles. The lowest BCUT2D eigenvalue weighted by Crippen LogP contribution is -2.17. The van der Waals surface area contributed by atoms with Gasteiger partial charge < -0.3 is 9.30 Å². The maximum atomic E-state index is 11.9. The van der Waals surface area contributed by atoms with Crippen molar-refractivity contribution in [3.05, 3.63) is 36.0 Å². The number of nitrogens with zero attached hydrogens (tertiary/aromatic N) is 1. The Morgan fingerprint density at radius 1 is 1.25 bits per heavy atom. The van der Waals surface area contributed by atoms with E-state index < -0.39 is 12.8 Å². The Kier molecular flexibility index (Phi) is 4.44. The van der Waals surface area contributed by atoms with Gasteiger partial charge in [0.05, 0.1) is 0 Å². The van der Waals surface area contributed by atoms with Gasteiger partial charge in [-0.2, -0.15) is 13.2 Å². The van der Waals surface area contributed by atoms with Gasteiger partial charge in [-0.15, -0.1) is 0 Å². The standard InChI is InChI=1S/C14H14F3NO2/c15-14(16,17)10-20-8-2-6-18-7-5-12-11(9-19)3-1-4-13(12)18/h1,3-5,7,9H,2,6,8,10H2.